The summed E-state index contributed by atoms with van der Waals surface area (Å²) >= 11 is 0. The van der Waals surface area contributed by atoms with Crippen LogP contribution in [-0.2, 0) is 11.2 Å². The molecule has 0 aliphatic carbocycles. The van der Waals surface area contributed by atoms with E-state index in [0.29, 0.717) is 38.5 Å². The van der Waals surface area contributed by atoms with E-state index < -0.39 is 12.7 Å². The van der Waals surface area contributed by atoms with Crippen LogP contribution in [0.15, 0.2) is 18.2 Å². The average molecular weight is 391 g/mol. The second-order valence-corrected chi connectivity index (χ2v) is 7.06. The van der Waals surface area contributed by atoms with E-state index in [9.17, 15) is 17.6 Å². The van der Waals surface area contributed by atoms with Crippen LogP contribution in [-0.4, -0.2) is 82.6 Å². The van der Waals surface area contributed by atoms with Gasteiger partial charge in [-0.05, 0) is 37.6 Å². The zero-order valence-electron chi connectivity index (χ0n) is 16.1. The van der Waals surface area contributed by atoms with Crippen LogP contribution in [0.4, 0.5) is 23.2 Å². The van der Waals surface area contributed by atoms with Crippen molar-refractivity contribution in [3.8, 4) is 0 Å². The molecule has 1 aromatic carbocycles. The summed E-state index contributed by atoms with van der Waals surface area (Å²) in [5.41, 5.74) is 1.55. The highest BCUT2D eigenvalue weighted by Crippen LogP contribution is 2.23. The molecule has 1 aliphatic rings. The smallest absolute Gasteiger partial charge is 0.385 e. The minimum absolute atomic E-state index is 0.219. The molecule has 0 unspecified atom stereocenters. The van der Waals surface area contributed by atoms with Gasteiger partial charge in [0.15, 0.2) is 0 Å². The Kier molecular flexibility index (Phi) is 8.31. The summed E-state index contributed by atoms with van der Waals surface area (Å²) < 4.78 is 56.5. The van der Waals surface area contributed by atoms with Gasteiger partial charge in [-0.3, -0.25) is 9.80 Å². The van der Waals surface area contributed by atoms with Crippen LogP contribution in [0.25, 0.3) is 0 Å². The quantitative estimate of drug-likeness (QED) is 0.476. The van der Waals surface area contributed by atoms with Gasteiger partial charge < -0.3 is 9.64 Å². The maximum atomic E-state index is 14.5. The number of benzene rings is 1. The lowest BCUT2D eigenvalue weighted by Crippen LogP contribution is -2.49. The molecule has 4 nitrogen and oxygen atoms in total. The Balaban J connectivity index is 1.78. The fourth-order valence-corrected chi connectivity index (χ4v) is 3.29. The summed E-state index contributed by atoms with van der Waals surface area (Å²) in [5, 5.41) is 0. The molecule has 0 atom stereocenters. The van der Waals surface area contributed by atoms with Gasteiger partial charge in [0.1, 0.15) is 5.82 Å². The lowest BCUT2D eigenvalue weighted by atomic mass is 10.1. The van der Waals surface area contributed by atoms with E-state index in [-0.39, 0.29) is 5.82 Å². The van der Waals surface area contributed by atoms with E-state index in [1.807, 2.05) is 17.0 Å². The molecule has 1 aliphatic heterocycles. The highest BCUT2D eigenvalue weighted by atomic mass is 19.4. The molecule has 154 valence electrons. The standard InChI is InChI=1S/C19H29F4N3O/c1-24(15-19(21,22)23)7-8-25-9-11-26(12-10-25)18-6-5-16(14-17(18)20)4-3-13-27-2/h5-6,14H,3-4,7-13,15H2,1-2H3. The van der Waals surface area contributed by atoms with Crippen LogP contribution in [0.5, 0.6) is 0 Å². The van der Waals surface area contributed by atoms with Gasteiger partial charge in [-0.15, -0.1) is 0 Å². The number of methoxy groups -OCH3 is 1. The number of rotatable bonds is 9. The maximum Gasteiger partial charge on any atom is 0.401 e. The third kappa shape index (κ3) is 7.63. The Labute approximate surface area is 158 Å². The fourth-order valence-electron chi connectivity index (χ4n) is 3.29. The molecule has 0 aromatic heterocycles. The molecule has 1 saturated heterocycles. The Morgan fingerprint density at radius 2 is 1.85 bits per heavy atom. The number of aryl methyl sites for hydroxylation is 1. The third-order valence-electron chi connectivity index (χ3n) is 4.79. The van der Waals surface area contributed by atoms with E-state index in [1.54, 1.807) is 13.2 Å². The van der Waals surface area contributed by atoms with E-state index in [0.717, 1.165) is 31.5 Å². The minimum atomic E-state index is -4.17. The first kappa shape index (κ1) is 21.9. The SMILES string of the molecule is COCCCc1ccc(N2CCN(CCN(C)CC(F)(F)F)CC2)c(F)c1. The normalized spacial score (nSPS) is 16.3. The van der Waals surface area contributed by atoms with E-state index in [2.05, 4.69) is 4.90 Å². The van der Waals surface area contributed by atoms with Crippen molar-refractivity contribution in [2.24, 2.45) is 0 Å². The number of ether oxygens (including phenoxy) is 1. The van der Waals surface area contributed by atoms with Crippen molar-refractivity contribution < 1.29 is 22.3 Å². The molecule has 2 rings (SSSR count). The molecule has 1 aromatic rings. The van der Waals surface area contributed by atoms with Crippen LogP contribution >= 0.6 is 0 Å². The molecule has 0 amide bonds. The summed E-state index contributed by atoms with van der Waals surface area (Å²) in [7, 11) is 3.13. The lowest BCUT2D eigenvalue weighted by Gasteiger charge is -2.37. The predicted molar refractivity (Wildman–Crippen MR) is 98.8 cm³/mol. The van der Waals surface area contributed by atoms with Crippen LogP contribution in [0.1, 0.15) is 12.0 Å². The highest BCUT2D eigenvalue weighted by molar-refractivity contribution is 5.49. The van der Waals surface area contributed by atoms with Crippen molar-refractivity contribution in [1.82, 2.24) is 9.80 Å². The van der Waals surface area contributed by atoms with Gasteiger partial charge >= 0.3 is 6.18 Å². The number of anilines is 1. The molecule has 1 fully saturated rings. The van der Waals surface area contributed by atoms with Crippen LogP contribution in [0, 0.1) is 5.82 Å². The van der Waals surface area contributed by atoms with Crippen molar-refractivity contribution in [2.45, 2.75) is 19.0 Å². The number of nitrogens with zero attached hydrogens (tertiary/aromatic N) is 3. The van der Waals surface area contributed by atoms with Crippen LogP contribution < -0.4 is 4.90 Å². The highest BCUT2D eigenvalue weighted by Gasteiger charge is 2.29. The number of alkyl halides is 3. The number of likely N-dealkylation sites (N-methyl/N-ethyl adjacent to an activating group) is 1. The number of piperazine rings is 1. The van der Waals surface area contributed by atoms with Gasteiger partial charge in [-0.1, -0.05) is 6.07 Å². The molecule has 1 heterocycles. The fraction of sp³-hybridized carbons (Fsp3) is 0.684. The Morgan fingerprint density at radius 3 is 2.44 bits per heavy atom. The van der Waals surface area contributed by atoms with E-state index in [1.165, 1.54) is 11.9 Å². The van der Waals surface area contributed by atoms with Crippen molar-refractivity contribution in [2.75, 3.05) is 71.5 Å². The Hall–Kier alpha value is -1.38. The van der Waals surface area contributed by atoms with E-state index in [4.69, 9.17) is 4.74 Å². The monoisotopic (exact) mass is 391 g/mol. The van der Waals surface area contributed by atoms with Gasteiger partial charge in [0.05, 0.1) is 12.2 Å². The molecule has 0 bridgehead atoms. The first-order chi connectivity index (χ1) is 12.8. The molecule has 27 heavy (non-hydrogen) atoms. The number of hydrogen-bond donors (Lipinski definition) is 0. The minimum Gasteiger partial charge on any atom is -0.385 e. The summed E-state index contributed by atoms with van der Waals surface area (Å²) in [6.07, 6.45) is -2.53. The Morgan fingerprint density at radius 1 is 1.15 bits per heavy atom. The number of halogens is 4. The van der Waals surface area contributed by atoms with Crippen LogP contribution in [0.3, 0.4) is 0 Å². The molecular weight excluding hydrogens is 362 g/mol. The molecule has 0 saturated carbocycles. The van der Waals surface area contributed by atoms with Gasteiger partial charge in [0.25, 0.3) is 0 Å². The predicted octanol–water partition coefficient (Wildman–Crippen LogP) is 3.02. The summed E-state index contributed by atoms with van der Waals surface area (Å²) in [5.74, 6) is -0.219. The van der Waals surface area contributed by atoms with E-state index >= 15 is 0 Å². The molecule has 0 spiro atoms. The average Bonchev–Trinajstić information content (AvgIpc) is 2.59. The van der Waals surface area contributed by atoms with Crippen molar-refractivity contribution >= 4 is 5.69 Å². The molecule has 0 N–H and O–H groups in total. The second kappa shape index (κ2) is 10.2. The van der Waals surface area contributed by atoms with Gasteiger partial charge in [0, 0.05) is 53.0 Å². The van der Waals surface area contributed by atoms with Gasteiger partial charge in [0.2, 0.25) is 0 Å². The summed E-state index contributed by atoms with van der Waals surface area (Å²) in [6, 6.07) is 5.36. The van der Waals surface area contributed by atoms with Crippen molar-refractivity contribution in [1.29, 1.82) is 0 Å². The first-order valence-electron chi connectivity index (χ1n) is 9.28. The van der Waals surface area contributed by atoms with Gasteiger partial charge in [-0.25, -0.2) is 4.39 Å². The molecule has 0 radical (unpaired) electrons. The summed E-state index contributed by atoms with van der Waals surface area (Å²) in [4.78, 5) is 5.42. The topological polar surface area (TPSA) is 19.0 Å². The van der Waals surface area contributed by atoms with Crippen molar-refractivity contribution in [3.63, 3.8) is 0 Å². The first-order valence-corrected chi connectivity index (χ1v) is 9.28. The molecular formula is C19H29F4N3O. The maximum absolute atomic E-state index is 14.5. The second-order valence-electron chi connectivity index (χ2n) is 7.06. The zero-order chi connectivity index (χ0) is 19.9. The Bertz CT molecular complexity index is 575. The zero-order valence-corrected chi connectivity index (χ0v) is 16.1. The van der Waals surface area contributed by atoms with Crippen molar-refractivity contribution in [3.05, 3.63) is 29.6 Å². The largest absolute Gasteiger partial charge is 0.401 e. The van der Waals surface area contributed by atoms with Crippen LogP contribution in [0.2, 0.25) is 0 Å². The van der Waals surface area contributed by atoms with Gasteiger partial charge in [-0.2, -0.15) is 13.2 Å². The third-order valence-corrected chi connectivity index (χ3v) is 4.79. The summed E-state index contributed by atoms with van der Waals surface area (Å²) in [6.45, 7) is 3.49. The number of hydrogen-bond acceptors (Lipinski definition) is 4. The lowest BCUT2D eigenvalue weighted by molar-refractivity contribution is -0.143. The molecule has 8 heteroatoms.